The van der Waals surface area contributed by atoms with Gasteiger partial charge in [0.2, 0.25) is 0 Å². The van der Waals surface area contributed by atoms with Gasteiger partial charge in [-0.15, -0.1) is 0 Å². The summed E-state index contributed by atoms with van der Waals surface area (Å²) in [6.45, 7) is 2.21. The number of rotatable bonds is 3. The summed E-state index contributed by atoms with van der Waals surface area (Å²) in [6.07, 6.45) is 9.35. The second-order valence-corrected chi connectivity index (χ2v) is 1.99. The molecule has 1 aliphatic rings. The van der Waals surface area contributed by atoms with Crippen molar-refractivity contribution in [2.75, 3.05) is 0 Å². The van der Waals surface area contributed by atoms with Crippen LogP contribution in [-0.4, -0.2) is 0 Å². The molecule has 0 spiro atoms. The molecule has 0 amide bonds. The highest BCUT2D eigenvalue weighted by Gasteiger charge is 2.08. The molecular weight excluding hydrogens is 84.1 g/mol. The standard InChI is InChI=1S/C7H11/c1-2-3-4-7-5-6-7/h4-7H,2-3H2,1H3. The highest BCUT2D eigenvalue weighted by Crippen LogP contribution is 2.20. The summed E-state index contributed by atoms with van der Waals surface area (Å²) in [5.74, 6) is 0.778. The molecular formula is C7H11. The zero-order chi connectivity index (χ0) is 5.11. The van der Waals surface area contributed by atoms with Gasteiger partial charge in [-0.3, -0.25) is 0 Å². The molecule has 0 N–H and O–H groups in total. The molecule has 7 heavy (non-hydrogen) atoms. The molecule has 1 radical (unpaired) electrons. The maximum atomic E-state index is 2.35. The predicted molar refractivity (Wildman–Crippen MR) is 31.8 cm³/mol. The van der Waals surface area contributed by atoms with E-state index in [1.807, 2.05) is 0 Å². The molecule has 1 rings (SSSR count). The van der Waals surface area contributed by atoms with Crippen LogP contribution in [0.2, 0.25) is 0 Å². The van der Waals surface area contributed by atoms with Gasteiger partial charge in [0, 0.05) is 0 Å². The van der Waals surface area contributed by atoms with Crippen LogP contribution < -0.4 is 0 Å². The number of allylic oxidation sites excluding steroid dienone is 2. The molecule has 0 aromatic heterocycles. The molecule has 0 fully saturated rings. The molecule has 0 atom stereocenters. The molecule has 39 valence electrons. The number of hydrogen-bond acceptors (Lipinski definition) is 0. The summed E-state index contributed by atoms with van der Waals surface area (Å²) in [5, 5.41) is 0. The first kappa shape index (κ1) is 4.89. The highest BCUT2D eigenvalue weighted by molar-refractivity contribution is 5.18. The van der Waals surface area contributed by atoms with E-state index >= 15 is 0 Å². The zero-order valence-corrected chi connectivity index (χ0v) is 4.72. The molecule has 0 nitrogen and oxygen atoms in total. The summed E-state index contributed by atoms with van der Waals surface area (Å²) < 4.78 is 0. The molecule has 0 unspecified atom stereocenters. The van der Waals surface area contributed by atoms with E-state index in [1.54, 1.807) is 0 Å². The van der Waals surface area contributed by atoms with Crippen LogP contribution in [0.1, 0.15) is 19.8 Å². The monoisotopic (exact) mass is 95.1 g/mol. The molecule has 0 aromatic carbocycles. The van der Waals surface area contributed by atoms with Crippen LogP contribution in [0, 0.1) is 12.3 Å². The van der Waals surface area contributed by atoms with Crippen LogP contribution in [0.5, 0.6) is 0 Å². The Balaban J connectivity index is 1.81. The van der Waals surface area contributed by atoms with E-state index < -0.39 is 0 Å². The molecule has 0 heterocycles. The number of hydrogen-bond donors (Lipinski definition) is 0. The Morgan fingerprint density at radius 1 is 1.57 bits per heavy atom. The summed E-state index contributed by atoms with van der Waals surface area (Å²) in [6, 6.07) is 0. The molecule has 0 bridgehead atoms. The Kier molecular flexibility index (Phi) is 1.50. The van der Waals surface area contributed by atoms with E-state index in [0.29, 0.717) is 0 Å². The Bertz CT molecular complexity index is 66.1. The van der Waals surface area contributed by atoms with Crippen molar-refractivity contribution in [3.63, 3.8) is 0 Å². The topological polar surface area (TPSA) is 0 Å². The van der Waals surface area contributed by atoms with Gasteiger partial charge in [0.1, 0.15) is 0 Å². The quantitative estimate of drug-likeness (QED) is 0.471. The Labute approximate surface area is 45.2 Å². The van der Waals surface area contributed by atoms with Crippen LogP contribution in [0.15, 0.2) is 12.2 Å². The molecule has 0 saturated carbocycles. The van der Waals surface area contributed by atoms with E-state index in [-0.39, 0.29) is 0 Å². The van der Waals surface area contributed by atoms with Crippen molar-refractivity contribution in [3.8, 4) is 0 Å². The van der Waals surface area contributed by atoms with Crippen LogP contribution in [0.25, 0.3) is 0 Å². The lowest BCUT2D eigenvalue weighted by molar-refractivity contribution is 0.844. The minimum absolute atomic E-state index is 0.778. The average molecular weight is 95.2 g/mol. The van der Waals surface area contributed by atoms with Crippen molar-refractivity contribution in [2.45, 2.75) is 19.8 Å². The molecule has 0 saturated heterocycles. The van der Waals surface area contributed by atoms with Gasteiger partial charge in [0.15, 0.2) is 0 Å². The van der Waals surface area contributed by atoms with Crippen molar-refractivity contribution in [2.24, 2.45) is 5.92 Å². The van der Waals surface area contributed by atoms with E-state index in [0.717, 1.165) is 5.92 Å². The van der Waals surface area contributed by atoms with Crippen LogP contribution >= 0.6 is 0 Å². The average Bonchev–Trinajstić information content (AvgIpc) is 2.42. The Morgan fingerprint density at radius 3 is 2.71 bits per heavy atom. The van der Waals surface area contributed by atoms with Crippen molar-refractivity contribution in [1.82, 2.24) is 0 Å². The van der Waals surface area contributed by atoms with Crippen LogP contribution in [-0.2, 0) is 0 Å². The third kappa shape index (κ3) is 1.77. The minimum Gasteiger partial charge on any atom is -0.0807 e. The lowest BCUT2D eigenvalue weighted by Gasteiger charge is -1.89. The lowest BCUT2D eigenvalue weighted by Crippen LogP contribution is -1.76. The fourth-order valence-corrected chi connectivity index (χ4v) is 0.580. The predicted octanol–water partition coefficient (Wildman–Crippen LogP) is 2.18. The minimum atomic E-state index is 0.778. The largest absolute Gasteiger partial charge is 0.0807 e. The van der Waals surface area contributed by atoms with E-state index in [2.05, 4.69) is 25.5 Å². The van der Waals surface area contributed by atoms with Gasteiger partial charge < -0.3 is 0 Å². The van der Waals surface area contributed by atoms with Crippen LogP contribution in [0.4, 0.5) is 0 Å². The zero-order valence-electron chi connectivity index (χ0n) is 4.72. The fourth-order valence-electron chi connectivity index (χ4n) is 0.580. The summed E-state index contributed by atoms with van der Waals surface area (Å²) in [5.41, 5.74) is 0. The second-order valence-electron chi connectivity index (χ2n) is 1.99. The van der Waals surface area contributed by atoms with E-state index in [1.165, 1.54) is 12.8 Å². The van der Waals surface area contributed by atoms with Crippen molar-refractivity contribution < 1.29 is 0 Å². The first-order valence-electron chi connectivity index (χ1n) is 2.95. The Morgan fingerprint density at radius 2 is 2.29 bits per heavy atom. The van der Waals surface area contributed by atoms with Gasteiger partial charge in [-0.1, -0.05) is 25.5 Å². The normalized spacial score (nSPS) is 17.9. The lowest BCUT2D eigenvalue weighted by atomic mass is 10.2. The summed E-state index contributed by atoms with van der Waals surface area (Å²) >= 11 is 0. The maximum Gasteiger partial charge on any atom is -0.00218 e. The maximum absolute atomic E-state index is 2.35. The van der Waals surface area contributed by atoms with Gasteiger partial charge in [-0.05, 0) is 18.8 Å². The summed E-state index contributed by atoms with van der Waals surface area (Å²) in [4.78, 5) is 0. The third-order valence-electron chi connectivity index (χ3n) is 1.14. The Hall–Kier alpha value is -0.260. The summed E-state index contributed by atoms with van der Waals surface area (Å²) in [7, 11) is 0. The molecule has 0 aliphatic heterocycles. The van der Waals surface area contributed by atoms with Gasteiger partial charge >= 0.3 is 0 Å². The van der Waals surface area contributed by atoms with Crippen LogP contribution in [0.3, 0.4) is 0 Å². The first-order chi connectivity index (χ1) is 3.43. The first-order valence-corrected chi connectivity index (χ1v) is 2.95. The van der Waals surface area contributed by atoms with Crippen molar-refractivity contribution >= 4 is 0 Å². The molecule has 0 heteroatoms. The van der Waals surface area contributed by atoms with Crippen molar-refractivity contribution in [3.05, 3.63) is 18.6 Å². The fraction of sp³-hybridized carbons (Fsp3) is 0.571. The van der Waals surface area contributed by atoms with Gasteiger partial charge in [-0.2, -0.15) is 0 Å². The molecule has 0 aromatic rings. The van der Waals surface area contributed by atoms with E-state index in [9.17, 15) is 0 Å². The second kappa shape index (κ2) is 2.15. The molecule has 1 aliphatic carbocycles. The van der Waals surface area contributed by atoms with Gasteiger partial charge in [0.05, 0.1) is 0 Å². The van der Waals surface area contributed by atoms with Crippen molar-refractivity contribution in [1.29, 1.82) is 0 Å². The SMILES string of the molecule is CCC[CH]C1C=C1. The van der Waals surface area contributed by atoms with E-state index in [4.69, 9.17) is 0 Å². The smallest absolute Gasteiger partial charge is 0.00218 e. The highest BCUT2D eigenvalue weighted by atomic mass is 14.1. The number of unbranched alkanes of at least 4 members (excludes halogenated alkanes) is 1. The van der Waals surface area contributed by atoms with Gasteiger partial charge in [-0.25, -0.2) is 0 Å². The van der Waals surface area contributed by atoms with Gasteiger partial charge in [0.25, 0.3) is 0 Å². The third-order valence-corrected chi connectivity index (χ3v) is 1.14.